The van der Waals surface area contributed by atoms with Crippen molar-refractivity contribution in [3.8, 4) is 22.6 Å². The maximum atomic E-state index is 12.2. The molecule has 10 heteroatoms. The summed E-state index contributed by atoms with van der Waals surface area (Å²) >= 11 is 5.87. The first kappa shape index (κ1) is 21.7. The number of carboxylic acid groups (broad SMARTS) is 2. The van der Waals surface area contributed by atoms with Gasteiger partial charge in [0.25, 0.3) is 5.56 Å². The Hall–Kier alpha value is -3.98. The average molecular weight is 445 g/mol. The van der Waals surface area contributed by atoms with Crippen molar-refractivity contribution in [2.24, 2.45) is 0 Å². The van der Waals surface area contributed by atoms with Crippen LogP contribution < -0.4 is 20.8 Å². The molecule has 0 aliphatic heterocycles. The number of hydrogen-bond acceptors (Lipinski definition) is 6. The first-order chi connectivity index (χ1) is 14.7. The van der Waals surface area contributed by atoms with E-state index in [0.717, 1.165) is 5.56 Å². The van der Waals surface area contributed by atoms with Gasteiger partial charge in [-0.3, -0.25) is 4.79 Å². The standard InChI is InChI=1S/C21H17ClN2O7/c1-30-14-8-11(4-7-13(14)31-9-10-2-5-12(22)6-3-10)15-16(20(26)27)18(23)24-19(25)17(15)21(28)29/h2-8H,9H2,1H3,(H,26,27)(H,28,29)(H3,23,24,25). The lowest BCUT2D eigenvalue weighted by Gasteiger charge is -2.15. The maximum absolute atomic E-state index is 12.2. The molecule has 2 aromatic carbocycles. The number of nitrogens with one attached hydrogen (secondary N) is 1. The van der Waals surface area contributed by atoms with Gasteiger partial charge in [-0.2, -0.15) is 0 Å². The first-order valence-corrected chi connectivity index (χ1v) is 9.18. The molecule has 0 aliphatic carbocycles. The molecule has 0 radical (unpaired) electrons. The van der Waals surface area contributed by atoms with E-state index in [1.807, 2.05) is 0 Å². The summed E-state index contributed by atoms with van der Waals surface area (Å²) in [6.07, 6.45) is 0. The molecular formula is C21H17ClN2O7. The second-order valence-corrected chi connectivity index (χ2v) is 6.82. The number of aromatic amines is 1. The number of H-pyrrole nitrogens is 1. The number of ether oxygens (including phenoxy) is 2. The lowest BCUT2D eigenvalue weighted by molar-refractivity contribution is 0.0695. The van der Waals surface area contributed by atoms with Crippen LogP contribution in [0.25, 0.3) is 11.1 Å². The summed E-state index contributed by atoms with van der Waals surface area (Å²) in [7, 11) is 1.37. The number of benzene rings is 2. The number of nitrogen functional groups attached to an aromatic ring is 1. The molecule has 1 heterocycles. The summed E-state index contributed by atoms with van der Waals surface area (Å²) in [5, 5.41) is 19.6. The summed E-state index contributed by atoms with van der Waals surface area (Å²) < 4.78 is 11.1. The number of carbonyl (C=O) groups is 2. The highest BCUT2D eigenvalue weighted by Gasteiger charge is 2.27. The Morgan fingerprint density at radius 3 is 2.26 bits per heavy atom. The number of aromatic carboxylic acids is 2. The number of pyridine rings is 1. The monoisotopic (exact) mass is 444 g/mol. The van der Waals surface area contributed by atoms with Gasteiger partial charge in [-0.15, -0.1) is 0 Å². The SMILES string of the molecule is COc1cc(-c2c(C(=O)O)c(N)[nH]c(=O)c2C(=O)O)ccc1OCc1ccc(Cl)cc1. The summed E-state index contributed by atoms with van der Waals surface area (Å²) in [6, 6.07) is 11.3. The van der Waals surface area contributed by atoms with E-state index in [0.29, 0.717) is 10.8 Å². The molecule has 0 bridgehead atoms. The third-order valence-corrected chi connectivity index (χ3v) is 4.68. The van der Waals surface area contributed by atoms with Gasteiger partial charge >= 0.3 is 11.9 Å². The Balaban J connectivity index is 2.08. The minimum Gasteiger partial charge on any atom is -0.493 e. The van der Waals surface area contributed by atoms with E-state index in [2.05, 4.69) is 4.98 Å². The van der Waals surface area contributed by atoms with Crippen molar-refractivity contribution >= 4 is 29.4 Å². The Morgan fingerprint density at radius 2 is 1.68 bits per heavy atom. The van der Waals surface area contributed by atoms with Crippen LogP contribution in [0.15, 0.2) is 47.3 Å². The van der Waals surface area contributed by atoms with Gasteiger partial charge in [-0.1, -0.05) is 29.8 Å². The largest absolute Gasteiger partial charge is 0.493 e. The number of anilines is 1. The molecule has 3 rings (SSSR count). The molecule has 9 nitrogen and oxygen atoms in total. The second kappa shape index (κ2) is 8.80. The molecule has 0 amide bonds. The smallest absolute Gasteiger partial charge is 0.342 e. The summed E-state index contributed by atoms with van der Waals surface area (Å²) in [5.74, 6) is -3.01. The first-order valence-electron chi connectivity index (χ1n) is 8.81. The fraction of sp³-hybridized carbons (Fsp3) is 0.0952. The van der Waals surface area contributed by atoms with Crippen LogP contribution in [-0.2, 0) is 6.61 Å². The third kappa shape index (κ3) is 4.46. The number of nitrogens with two attached hydrogens (primary N) is 1. The fourth-order valence-corrected chi connectivity index (χ4v) is 3.15. The van der Waals surface area contributed by atoms with Gasteiger partial charge in [0, 0.05) is 10.6 Å². The molecule has 160 valence electrons. The normalized spacial score (nSPS) is 10.5. The van der Waals surface area contributed by atoms with Crippen molar-refractivity contribution in [1.29, 1.82) is 0 Å². The Morgan fingerprint density at radius 1 is 1.03 bits per heavy atom. The van der Waals surface area contributed by atoms with Gasteiger partial charge in [0.1, 0.15) is 23.6 Å². The van der Waals surface area contributed by atoms with Crippen LogP contribution in [0.5, 0.6) is 11.5 Å². The summed E-state index contributed by atoms with van der Waals surface area (Å²) in [6.45, 7) is 0.200. The van der Waals surface area contributed by atoms with E-state index in [1.54, 1.807) is 24.3 Å². The maximum Gasteiger partial charge on any atom is 0.342 e. The highest BCUT2D eigenvalue weighted by atomic mass is 35.5. The van der Waals surface area contributed by atoms with Crippen LogP contribution in [-0.4, -0.2) is 34.2 Å². The molecule has 0 atom stereocenters. The zero-order valence-electron chi connectivity index (χ0n) is 16.1. The molecule has 0 aliphatic rings. The molecule has 3 aromatic rings. The van der Waals surface area contributed by atoms with E-state index in [-0.39, 0.29) is 23.5 Å². The van der Waals surface area contributed by atoms with Crippen LogP contribution >= 0.6 is 11.6 Å². The molecule has 0 unspecified atom stereocenters. The molecule has 0 fully saturated rings. The molecule has 0 spiro atoms. The van der Waals surface area contributed by atoms with E-state index in [1.165, 1.54) is 25.3 Å². The van der Waals surface area contributed by atoms with Crippen molar-refractivity contribution in [3.63, 3.8) is 0 Å². The highest BCUT2D eigenvalue weighted by Crippen LogP contribution is 2.36. The lowest BCUT2D eigenvalue weighted by Crippen LogP contribution is -2.24. The number of rotatable bonds is 7. The molecule has 0 saturated heterocycles. The van der Waals surface area contributed by atoms with Gasteiger partial charge in [-0.05, 0) is 35.4 Å². The van der Waals surface area contributed by atoms with Crippen LogP contribution in [0.4, 0.5) is 5.82 Å². The van der Waals surface area contributed by atoms with Crippen molar-refractivity contribution in [2.45, 2.75) is 6.61 Å². The van der Waals surface area contributed by atoms with E-state index in [9.17, 15) is 24.6 Å². The van der Waals surface area contributed by atoms with E-state index < -0.39 is 34.4 Å². The molecular weight excluding hydrogens is 428 g/mol. The van der Waals surface area contributed by atoms with Gasteiger partial charge in [-0.25, -0.2) is 9.59 Å². The van der Waals surface area contributed by atoms with Gasteiger partial charge in [0.05, 0.1) is 7.11 Å². The molecule has 31 heavy (non-hydrogen) atoms. The second-order valence-electron chi connectivity index (χ2n) is 6.38. The van der Waals surface area contributed by atoms with E-state index in [4.69, 9.17) is 26.8 Å². The van der Waals surface area contributed by atoms with Crippen molar-refractivity contribution in [1.82, 2.24) is 4.98 Å². The Kier molecular flexibility index (Phi) is 6.17. The predicted molar refractivity (Wildman–Crippen MR) is 113 cm³/mol. The number of hydrogen-bond donors (Lipinski definition) is 4. The topological polar surface area (TPSA) is 152 Å². The Bertz CT molecular complexity index is 1220. The number of halogens is 1. The van der Waals surface area contributed by atoms with Crippen LogP contribution in [0.1, 0.15) is 26.3 Å². The predicted octanol–water partition coefficient (Wildman–Crippen LogP) is 3.26. The minimum atomic E-state index is -1.60. The highest BCUT2D eigenvalue weighted by molar-refractivity contribution is 6.30. The fourth-order valence-electron chi connectivity index (χ4n) is 3.02. The Labute approximate surface area is 180 Å². The van der Waals surface area contributed by atoms with Crippen molar-refractivity contribution in [3.05, 3.63) is 74.5 Å². The quantitative estimate of drug-likeness (QED) is 0.433. The van der Waals surface area contributed by atoms with Gasteiger partial charge in [0.15, 0.2) is 11.5 Å². The van der Waals surface area contributed by atoms with Gasteiger partial charge < -0.3 is 30.4 Å². The van der Waals surface area contributed by atoms with E-state index >= 15 is 0 Å². The average Bonchev–Trinajstić information content (AvgIpc) is 2.72. The van der Waals surface area contributed by atoms with Crippen LogP contribution in [0.2, 0.25) is 5.02 Å². The van der Waals surface area contributed by atoms with Crippen LogP contribution in [0.3, 0.4) is 0 Å². The molecule has 1 aromatic heterocycles. The van der Waals surface area contributed by atoms with Crippen molar-refractivity contribution in [2.75, 3.05) is 12.8 Å². The summed E-state index contributed by atoms with van der Waals surface area (Å²) in [5.41, 5.74) is 3.99. The van der Waals surface area contributed by atoms with Gasteiger partial charge in [0.2, 0.25) is 0 Å². The third-order valence-electron chi connectivity index (χ3n) is 4.43. The van der Waals surface area contributed by atoms with Crippen LogP contribution in [0, 0.1) is 0 Å². The number of carboxylic acids is 2. The molecule has 0 saturated carbocycles. The molecule has 5 N–H and O–H groups in total. The zero-order chi connectivity index (χ0) is 22.7. The number of methoxy groups -OCH3 is 1. The zero-order valence-corrected chi connectivity index (χ0v) is 16.9. The minimum absolute atomic E-state index is 0.114. The number of aromatic nitrogens is 1. The van der Waals surface area contributed by atoms with Crippen molar-refractivity contribution < 1.29 is 29.3 Å². The summed E-state index contributed by atoms with van der Waals surface area (Å²) in [4.78, 5) is 37.7. The lowest BCUT2D eigenvalue weighted by atomic mass is 9.95.